The molecule has 3 aromatic heterocycles. The summed E-state index contributed by atoms with van der Waals surface area (Å²) in [5, 5.41) is 11.9. The molecule has 0 amide bonds. The zero-order valence-corrected chi connectivity index (χ0v) is 12.3. The Morgan fingerprint density at radius 3 is 3.00 bits per heavy atom. The fraction of sp³-hybridized carbons (Fsp3) is 0.250. The molecule has 0 spiro atoms. The van der Waals surface area contributed by atoms with Gasteiger partial charge in [-0.15, -0.1) is 10.2 Å². The first-order valence-corrected chi connectivity index (χ1v) is 7.63. The molecule has 1 N–H and O–H groups in total. The highest BCUT2D eigenvalue weighted by Crippen LogP contribution is 2.27. The van der Waals surface area contributed by atoms with Crippen LogP contribution < -0.4 is 5.32 Å². The molecule has 3 rings (SSSR count). The van der Waals surface area contributed by atoms with Crippen molar-refractivity contribution < 1.29 is 0 Å². The van der Waals surface area contributed by atoms with E-state index in [0.29, 0.717) is 0 Å². The molecule has 0 atom stereocenters. The normalized spacial score (nSPS) is 11.1. The molecule has 0 aromatic carbocycles. The van der Waals surface area contributed by atoms with E-state index in [1.165, 1.54) is 5.56 Å². The van der Waals surface area contributed by atoms with Crippen molar-refractivity contribution in [3.63, 3.8) is 0 Å². The van der Waals surface area contributed by atoms with E-state index in [2.05, 4.69) is 50.3 Å². The molecule has 0 bridgehead atoms. The Morgan fingerprint density at radius 2 is 2.21 bits per heavy atom. The summed E-state index contributed by atoms with van der Waals surface area (Å²) in [4.78, 5) is 4.58. The quantitative estimate of drug-likeness (QED) is 0.749. The third-order valence-corrected chi connectivity index (χ3v) is 4.72. The van der Waals surface area contributed by atoms with Gasteiger partial charge in [0, 0.05) is 25.2 Å². The molecule has 0 fully saturated rings. The summed E-state index contributed by atoms with van der Waals surface area (Å²) in [5.41, 5.74) is 3.26. The Labute approximate surface area is 119 Å². The van der Waals surface area contributed by atoms with Gasteiger partial charge in [-0.05, 0) is 18.6 Å². The van der Waals surface area contributed by atoms with E-state index in [4.69, 9.17) is 0 Å². The maximum absolute atomic E-state index is 4.58. The Kier molecular flexibility index (Phi) is 3.39. The minimum atomic E-state index is 0.805. The molecule has 0 radical (unpaired) electrons. The zero-order valence-electron chi connectivity index (χ0n) is 10.6. The van der Waals surface area contributed by atoms with Crippen LogP contribution in [0.2, 0.25) is 0 Å². The van der Waals surface area contributed by atoms with Gasteiger partial charge in [-0.3, -0.25) is 0 Å². The zero-order chi connectivity index (χ0) is 13.2. The van der Waals surface area contributed by atoms with Gasteiger partial charge in [-0.1, -0.05) is 29.2 Å². The molecule has 5 nitrogen and oxygen atoms in total. The number of thioether (sulfide) groups is 1. The molecule has 3 heterocycles. The van der Waals surface area contributed by atoms with Crippen LogP contribution in [-0.2, 0) is 5.75 Å². The average molecular weight is 291 g/mol. The first-order chi connectivity index (χ1) is 9.24. The smallest absolute Gasteiger partial charge is 0.206 e. The van der Waals surface area contributed by atoms with Crippen molar-refractivity contribution in [2.45, 2.75) is 17.0 Å². The van der Waals surface area contributed by atoms with Gasteiger partial charge in [-0.25, -0.2) is 4.98 Å². The molecule has 7 heteroatoms. The lowest BCUT2D eigenvalue weighted by atomic mass is 10.3. The van der Waals surface area contributed by atoms with Crippen LogP contribution in [0.3, 0.4) is 0 Å². The number of fused-ring (bicyclic) bond motifs is 1. The molecular formula is C12H13N5S2. The topological polar surface area (TPSA) is 55.1 Å². The fourth-order valence-electron chi connectivity index (χ4n) is 1.73. The number of aryl methyl sites for hydroxylation is 1. The second kappa shape index (κ2) is 5.18. The van der Waals surface area contributed by atoms with Crippen molar-refractivity contribution >= 4 is 33.9 Å². The number of nitrogens with one attached hydrogen (secondary N) is 1. The number of rotatable bonds is 4. The predicted molar refractivity (Wildman–Crippen MR) is 78.9 cm³/mol. The number of hydrogen-bond donors (Lipinski definition) is 1. The van der Waals surface area contributed by atoms with Crippen molar-refractivity contribution in [1.29, 1.82) is 0 Å². The lowest BCUT2D eigenvalue weighted by Gasteiger charge is -1.93. The Hall–Kier alpha value is -1.60. The standard InChI is InChI=1S/C12H13N5S2/c1-8-3-4-10-14-9(6-17(10)5-8)7-18-12-16-15-11(13-2)19-12/h3-6H,7H2,1-2H3,(H,13,15). The van der Waals surface area contributed by atoms with E-state index in [-0.39, 0.29) is 0 Å². The van der Waals surface area contributed by atoms with E-state index >= 15 is 0 Å². The van der Waals surface area contributed by atoms with Crippen LogP contribution in [0.15, 0.2) is 28.9 Å². The average Bonchev–Trinajstić information content (AvgIpc) is 3.01. The Bertz CT molecular complexity index is 703. The van der Waals surface area contributed by atoms with E-state index in [1.807, 2.05) is 13.1 Å². The molecule has 0 aliphatic heterocycles. The molecule has 0 saturated heterocycles. The highest BCUT2D eigenvalue weighted by atomic mass is 32.2. The van der Waals surface area contributed by atoms with Gasteiger partial charge < -0.3 is 9.72 Å². The molecule has 3 aromatic rings. The number of nitrogens with zero attached hydrogens (tertiary/aromatic N) is 4. The molecule has 0 aliphatic rings. The van der Waals surface area contributed by atoms with Crippen LogP contribution in [0.25, 0.3) is 5.65 Å². The minimum Gasteiger partial charge on any atom is -0.363 e. The summed E-state index contributed by atoms with van der Waals surface area (Å²) >= 11 is 3.21. The van der Waals surface area contributed by atoms with Crippen LogP contribution in [0.4, 0.5) is 5.13 Å². The fourth-order valence-corrected chi connectivity index (χ4v) is 3.32. The lowest BCUT2D eigenvalue weighted by molar-refractivity contribution is 1.01. The molecule has 0 unspecified atom stereocenters. The van der Waals surface area contributed by atoms with E-state index in [0.717, 1.165) is 26.6 Å². The largest absolute Gasteiger partial charge is 0.363 e. The summed E-state index contributed by atoms with van der Waals surface area (Å²) in [6, 6.07) is 4.11. The lowest BCUT2D eigenvalue weighted by Crippen LogP contribution is -1.84. The molecular weight excluding hydrogens is 278 g/mol. The van der Waals surface area contributed by atoms with Crippen molar-refractivity contribution in [3.8, 4) is 0 Å². The monoisotopic (exact) mass is 291 g/mol. The summed E-state index contributed by atoms with van der Waals surface area (Å²) in [7, 11) is 1.85. The molecule has 98 valence electrons. The van der Waals surface area contributed by atoms with Crippen LogP contribution in [0.1, 0.15) is 11.3 Å². The van der Waals surface area contributed by atoms with E-state index in [1.54, 1.807) is 23.1 Å². The second-order valence-corrected chi connectivity index (χ2v) is 6.32. The van der Waals surface area contributed by atoms with E-state index in [9.17, 15) is 0 Å². The summed E-state index contributed by atoms with van der Waals surface area (Å²) in [6.07, 6.45) is 4.15. The van der Waals surface area contributed by atoms with Crippen molar-refractivity contribution in [2.75, 3.05) is 12.4 Å². The maximum atomic E-state index is 4.58. The van der Waals surface area contributed by atoms with Gasteiger partial charge in [0.1, 0.15) is 5.65 Å². The Balaban J connectivity index is 1.74. The summed E-state index contributed by atoms with van der Waals surface area (Å²) in [5.74, 6) is 0.805. The third-order valence-electron chi connectivity index (χ3n) is 2.61. The minimum absolute atomic E-state index is 0.805. The van der Waals surface area contributed by atoms with Crippen LogP contribution in [0.5, 0.6) is 0 Å². The SMILES string of the molecule is CNc1nnc(SCc2cn3cc(C)ccc3n2)s1. The van der Waals surface area contributed by atoms with Gasteiger partial charge in [0.05, 0.1) is 5.69 Å². The first-order valence-electron chi connectivity index (χ1n) is 5.83. The van der Waals surface area contributed by atoms with Crippen LogP contribution >= 0.6 is 23.1 Å². The van der Waals surface area contributed by atoms with Crippen LogP contribution in [-0.4, -0.2) is 26.6 Å². The highest BCUT2D eigenvalue weighted by Gasteiger charge is 2.06. The molecule has 0 saturated carbocycles. The van der Waals surface area contributed by atoms with E-state index < -0.39 is 0 Å². The number of pyridine rings is 1. The maximum Gasteiger partial charge on any atom is 0.206 e. The second-order valence-electron chi connectivity index (χ2n) is 4.12. The number of aromatic nitrogens is 4. The van der Waals surface area contributed by atoms with Gasteiger partial charge in [0.25, 0.3) is 0 Å². The highest BCUT2D eigenvalue weighted by molar-refractivity contribution is 8.00. The molecule has 0 aliphatic carbocycles. The summed E-state index contributed by atoms with van der Waals surface area (Å²) < 4.78 is 3.02. The Morgan fingerprint density at radius 1 is 1.32 bits per heavy atom. The first kappa shape index (κ1) is 12.4. The summed E-state index contributed by atoms with van der Waals surface area (Å²) in [6.45, 7) is 2.08. The number of hydrogen-bond acceptors (Lipinski definition) is 6. The van der Waals surface area contributed by atoms with Crippen molar-refractivity contribution in [1.82, 2.24) is 19.6 Å². The number of imidazole rings is 1. The van der Waals surface area contributed by atoms with Gasteiger partial charge in [0.2, 0.25) is 5.13 Å². The third kappa shape index (κ3) is 2.71. The van der Waals surface area contributed by atoms with Crippen LogP contribution in [0, 0.1) is 6.92 Å². The van der Waals surface area contributed by atoms with Crippen molar-refractivity contribution in [2.24, 2.45) is 0 Å². The van der Waals surface area contributed by atoms with Gasteiger partial charge in [0.15, 0.2) is 4.34 Å². The number of anilines is 1. The van der Waals surface area contributed by atoms with Gasteiger partial charge >= 0.3 is 0 Å². The van der Waals surface area contributed by atoms with Gasteiger partial charge in [-0.2, -0.15) is 0 Å². The molecule has 19 heavy (non-hydrogen) atoms. The van der Waals surface area contributed by atoms with Crippen molar-refractivity contribution in [3.05, 3.63) is 35.8 Å². The predicted octanol–water partition coefficient (Wildman–Crippen LogP) is 2.83.